The van der Waals surface area contributed by atoms with E-state index in [9.17, 15) is 14.4 Å². The van der Waals surface area contributed by atoms with Gasteiger partial charge in [0.15, 0.2) is 0 Å². The highest BCUT2D eigenvalue weighted by Crippen LogP contribution is 2.33. The van der Waals surface area contributed by atoms with Crippen LogP contribution in [0.25, 0.3) is 5.69 Å². The highest BCUT2D eigenvalue weighted by molar-refractivity contribution is 6.30. The first-order valence-electron chi connectivity index (χ1n) is 9.64. The number of hydrogen-bond acceptors (Lipinski definition) is 4. The Balaban J connectivity index is 1.50. The fraction of sp³-hybridized carbons (Fsp3) is 0.400. The Kier molecular flexibility index (Phi) is 5.04. The fourth-order valence-electron chi connectivity index (χ4n) is 4.03. The third-order valence-electron chi connectivity index (χ3n) is 5.41. The first-order valence-corrected chi connectivity index (χ1v) is 10.0. The quantitative estimate of drug-likeness (QED) is 0.750. The summed E-state index contributed by atoms with van der Waals surface area (Å²) in [5, 5.41) is 10.5. The molecule has 1 spiro atoms. The monoisotopic (exact) mass is 415 g/mol. The van der Waals surface area contributed by atoms with E-state index in [1.165, 1.54) is 0 Å². The van der Waals surface area contributed by atoms with Crippen molar-refractivity contribution < 1.29 is 14.4 Å². The Hall–Kier alpha value is -2.87. The average molecular weight is 416 g/mol. The number of aromatic nitrogens is 2. The lowest BCUT2D eigenvalue weighted by Gasteiger charge is -2.30. The number of anilines is 1. The molecule has 2 aromatic rings. The number of carbonyl (C=O) groups is 3. The molecule has 2 aliphatic rings. The maximum atomic E-state index is 12.8. The van der Waals surface area contributed by atoms with E-state index >= 15 is 0 Å². The minimum absolute atomic E-state index is 0.308. The van der Waals surface area contributed by atoms with Crippen LogP contribution in [0.5, 0.6) is 0 Å². The largest absolute Gasteiger partial charge is 0.325 e. The molecule has 1 aromatic heterocycles. The molecule has 152 valence electrons. The van der Waals surface area contributed by atoms with Crippen LogP contribution in [0.4, 0.5) is 10.6 Å². The van der Waals surface area contributed by atoms with Gasteiger partial charge in [0.05, 0.1) is 11.4 Å². The van der Waals surface area contributed by atoms with Gasteiger partial charge in [-0.2, -0.15) is 5.10 Å². The van der Waals surface area contributed by atoms with E-state index in [2.05, 4.69) is 15.7 Å². The summed E-state index contributed by atoms with van der Waals surface area (Å²) in [4.78, 5) is 38.8. The zero-order chi connectivity index (χ0) is 20.6. The van der Waals surface area contributed by atoms with Gasteiger partial charge < -0.3 is 10.6 Å². The third-order valence-corrected chi connectivity index (χ3v) is 5.64. The normalized spacial score (nSPS) is 18.2. The number of aryl methyl sites for hydroxylation is 1. The van der Waals surface area contributed by atoms with Crippen molar-refractivity contribution in [3.8, 4) is 5.69 Å². The molecule has 9 heteroatoms. The van der Waals surface area contributed by atoms with Crippen molar-refractivity contribution in [3.05, 3.63) is 41.0 Å². The number of carbonyl (C=O) groups excluding carboxylic acids is 3. The van der Waals surface area contributed by atoms with E-state index < -0.39 is 17.5 Å². The third kappa shape index (κ3) is 3.72. The predicted octanol–water partition coefficient (Wildman–Crippen LogP) is 3.03. The van der Waals surface area contributed by atoms with Crippen molar-refractivity contribution in [3.63, 3.8) is 0 Å². The lowest BCUT2D eigenvalue weighted by molar-refractivity contribution is -0.134. The highest BCUT2D eigenvalue weighted by atomic mass is 35.5. The van der Waals surface area contributed by atoms with Gasteiger partial charge in [0.1, 0.15) is 17.9 Å². The predicted molar refractivity (Wildman–Crippen MR) is 108 cm³/mol. The van der Waals surface area contributed by atoms with Crippen molar-refractivity contribution in [1.29, 1.82) is 0 Å². The maximum Gasteiger partial charge on any atom is 0.325 e. The van der Waals surface area contributed by atoms with E-state index in [0.717, 1.165) is 24.2 Å². The van der Waals surface area contributed by atoms with Crippen LogP contribution >= 0.6 is 11.6 Å². The zero-order valence-electron chi connectivity index (χ0n) is 16.1. The molecule has 0 radical (unpaired) electrons. The van der Waals surface area contributed by atoms with Gasteiger partial charge in [-0.25, -0.2) is 9.48 Å². The van der Waals surface area contributed by atoms with E-state index in [0.29, 0.717) is 35.1 Å². The molecule has 1 saturated carbocycles. The van der Waals surface area contributed by atoms with E-state index in [-0.39, 0.29) is 12.5 Å². The van der Waals surface area contributed by atoms with Gasteiger partial charge in [0, 0.05) is 11.1 Å². The van der Waals surface area contributed by atoms with Crippen LogP contribution in [0.3, 0.4) is 0 Å². The van der Waals surface area contributed by atoms with Crippen LogP contribution in [0.1, 0.15) is 37.8 Å². The van der Waals surface area contributed by atoms with Gasteiger partial charge >= 0.3 is 6.03 Å². The fourth-order valence-corrected chi connectivity index (χ4v) is 4.22. The van der Waals surface area contributed by atoms with Crippen molar-refractivity contribution in [2.75, 3.05) is 11.9 Å². The molecular formula is C20H22ClN5O3. The number of halogens is 1. The minimum atomic E-state index is -0.839. The summed E-state index contributed by atoms with van der Waals surface area (Å²) in [5.74, 6) is -0.337. The summed E-state index contributed by atoms with van der Waals surface area (Å²) >= 11 is 6.06. The van der Waals surface area contributed by atoms with Crippen LogP contribution in [0.15, 0.2) is 30.3 Å². The van der Waals surface area contributed by atoms with E-state index in [1.54, 1.807) is 35.9 Å². The Morgan fingerprint density at radius 2 is 2.00 bits per heavy atom. The standard InChI is InChI=1S/C20H22ClN5O3/c1-13-10-16(26(24-13)15-7-5-6-14(21)11-15)22-17(27)12-25-18(28)20(23-19(25)29)8-3-2-4-9-20/h5-7,10-11H,2-4,8-9,12H2,1H3,(H,22,27)(H,23,29). The van der Waals surface area contributed by atoms with Crippen molar-refractivity contribution >= 4 is 35.3 Å². The molecule has 2 fully saturated rings. The summed E-state index contributed by atoms with van der Waals surface area (Å²) in [6, 6.07) is 8.29. The van der Waals surface area contributed by atoms with E-state index in [1.807, 2.05) is 6.07 Å². The molecule has 1 aromatic carbocycles. The molecule has 0 atom stereocenters. The lowest BCUT2D eigenvalue weighted by Crippen LogP contribution is -2.48. The molecule has 29 heavy (non-hydrogen) atoms. The first-order chi connectivity index (χ1) is 13.9. The summed E-state index contributed by atoms with van der Waals surface area (Å²) in [7, 11) is 0. The number of benzene rings is 1. The first kappa shape index (κ1) is 19.4. The molecule has 0 unspecified atom stereocenters. The molecule has 2 heterocycles. The van der Waals surface area contributed by atoms with Crippen LogP contribution in [-0.2, 0) is 9.59 Å². The smallest absolute Gasteiger partial charge is 0.323 e. The van der Waals surface area contributed by atoms with E-state index in [4.69, 9.17) is 11.6 Å². The average Bonchev–Trinajstić information content (AvgIpc) is 3.15. The second-order valence-electron chi connectivity index (χ2n) is 7.58. The zero-order valence-corrected chi connectivity index (χ0v) is 16.8. The van der Waals surface area contributed by atoms with Crippen LogP contribution in [-0.4, -0.2) is 44.6 Å². The van der Waals surface area contributed by atoms with Crippen molar-refractivity contribution in [2.24, 2.45) is 0 Å². The van der Waals surface area contributed by atoms with Gasteiger partial charge in [0.2, 0.25) is 5.91 Å². The number of amides is 4. The molecule has 4 rings (SSSR count). The lowest BCUT2D eigenvalue weighted by atomic mass is 9.82. The molecule has 0 bridgehead atoms. The molecule has 2 N–H and O–H groups in total. The number of imide groups is 1. The number of hydrogen-bond donors (Lipinski definition) is 2. The summed E-state index contributed by atoms with van der Waals surface area (Å²) in [6.07, 6.45) is 4.08. The number of urea groups is 1. The topological polar surface area (TPSA) is 96.3 Å². The van der Waals surface area contributed by atoms with Crippen molar-refractivity contribution in [1.82, 2.24) is 20.0 Å². The maximum absolute atomic E-state index is 12.8. The van der Waals surface area contributed by atoms with Gasteiger partial charge in [-0.15, -0.1) is 0 Å². The number of nitrogens with one attached hydrogen (secondary N) is 2. The Morgan fingerprint density at radius 1 is 1.24 bits per heavy atom. The van der Waals surface area contributed by atoms with Crippen LogP contribution < -0.4 is 10.6 Å². The second kappa shape index (κ2) is 7.51. The molecule has 1 aliphatic carbocycles. The molecule has 1 aliphatic heterocycles. The van der Waals surface area contributed by atoms with Gasteiger partial charge in [-0.1, -0.05) is 36.9 Å². The summed E-state index contributed by atoms with van der Waals surface area (Å²) in [6.45, 7) is 1.47. The second-order valence-corrected chi connectivity index (χ2v) is 8.01. The van der Waals surface area contributed by atoms with Gasteiger partial charge in [-0.3, -0.25) is 14.5 Å². The van der Waals surface area contributed by atoms with Crippen LogP contribution in [0.2, 0.25) is 5.02 Å². The highest BCUT2D eigenvalue weighted by Gasteiger charge is 2.51. The molecule has 1 saturated heterocycles. The Morgan fingerprint density at radius 3 is 2.72 bits per heavy atom. The van der Waals surface area contributed by atoms with Gasteiger partial charge in [-0.05, 0) is 38.0 Å². The molecule has 4 amide bonds. The van der Waals surface area contributed by atoms with Gasteiger partial charge in [0.25, 0.3) is 5.91 Å². The molecular weight excluding hydrogens is 394 g/mol. The van der Waals surface area contributed by atoms with Crippen LogP contribution in [0, 0.1) is 6.92 Å². The SMILES string of the molecule is Cc1cc(NC(=O)CN2C(=O)NC3(CCCCC3)C2=O)n(-c2cccc(Cl)c2)n1. The summed E-state index contributed by atoms with van der Waals surface area (Å²) < 4.78 is 1.56. The van der Waals surface area contributed by atoms with Crippen molar-refractivity contribution in [2.45, 2.75) is 44.6 Å². The minimum Gasteiger partial charge on any atom is -0.323 e. The summed E-state index contributed by atoms with van der Waals surface area (Å²) in [5.41, 5.74) is 0.558. The number of nitrogens with zero attached hydrogens (tertiary/aromatic N) is 3. The molecule has 8 nitrogen and oxygen atoms in total. The number of rotatable bonds is 4. The Bertz CT molecular complexity index is 980. The Labute approximate surface area is 173 Å².